The molecule has 5 nitrogen and oxygen atoms in total. The van der Waals surface area contributed by atoms with Crippen LogP contribution in [-0.4, -0.2) is 19.3 Å². The van der Waals surface area contributed by atoms with Crippen LogP contribution >= 0.6 is 22.9 Å². The maximum Gasteiger partial charge on any atom is 0.271 e. The fourth-order valence-corrected chi connectivity index (χ4v) is 4.49. The second kappa shape index (κ2) is 6.05. The van der Waals surface area contributed by atoms with Gasteiger partial charge in [-0.2, -0.15) is 0 Å². The van der Waals surface area contributed by atoms with E-state index in [2.05, 4.69) is 9.88 Å². The van der Waals surface area contributed by atoms with E-state index in [1.54, 1.807) is 38.1 Å². The van der Waals surface area contributed by atoms with Gasteiger partial charge in [-0.1, -0.05) is 35.0 Å². The van der Waals surface area contributed by atoms with Crippen LogP contribution in [0.4, 0.5) is 5.69 Å². The second-order valence-electron chi connectivity index (χ2n) is 4.36. The number of aryl methyl sites for hydroxylation is 1. The van der Waals surface area contributed by atoms with E-state index < -0.39 is 10.0 Å². The molecule has 21 heavy (non-hydrogen) atoms. The molecule has 0 aliphatic carbocycles. The molecule has 1 aromatic heterocycles. The number of sulfonamides is 1. The smallest absolute Gasteiger partial charge is 0.271 e. The summed E-state index contributed by atoms with van der Waals surface area (Å²) in [4.78, 5) is 0. The summed E-state index contributed by atoms with van der Waals surface area (Å²) >= 11 is 6.91. The molecule has 0 spiro atoms. The minimum atomic E-state index is -3.73. The van der Waals surface area contributed by atoms with Gasteiger partial charge in [-0.15, -0.1) is 11.3 Å². The first-order chi connectivity index (χ1) is 9.85. The predicted molar refractivity (Wildman–Crippen MR) is 85.3 cm³/mol. The van der Waals surface area contributed by atoms with Crippen molar-refractivity contribution in [3.8, 4) is 0 Å². The first kappa shape index (κ1) is 15.8. The standard InChI is InChI=1S/C13H13ClN2O3S2/c1-8-7-12(20-13(8)14)21(18,19)16-11-6-4-3-5-10(11)9(2)15-17/h3-7,16-17H,1-2H3/b15-9-. The minimum Gasteiger partial charge on any atom is -0.411 e. The quantitative estimate of drug-likeness (QED) is 0.504. The lowest BCUT2D eigenvalue weighted by atomic mass is 10.1. The second-order valence-corrected chi connectivity index (χ2v) is 7.92. The molecule has 112 valence electrons. The van der Waals surface area contributed by atoms with Gasteiger partial charge >= 0.3 is 0 Å². The molecule has 2 aromatic rings. The van der Waals surface area contributed by atoms with Gasteiger partial charge in [-0.25, -0.2) is 8.42 Å². The van der Waals surface area contributed by atoms with Crippen molar-refractivity contribution in [2.24, 2.45) is 5.16 Å². The van der Waals surface area contributed by atoms with E-state index in [9.17, 15) is 8.42 Å². The molecule has 2 N–H and O–H groups in total. The van der Waals surface area contributed by atoms with Crippen molar-refractivity contribution in [3.05, 3.63) is 45.8 Å². The van der Waals surface area contributed by atoms with E-state index >= 15 is 0 Å². The van der Waals surface area contributed by atoms with Crippen molar-refractivity contribution < 1.29 is 13.6 Å². The molecular formula is C13H13ClN2O3S2. The highest BCUT2D eigenvalue weighted by atomic mass is 35.5. The van der Waals surface area contributed by atoms with Gasteiger partial charge < -0.3 is 5.21 Å². The third-order valence-electron chi connectivity index (χ3n) is 2.81. The normalized spacial score (nSPS) is 12.4. The highest BCUT2D eigenvalue weighted by Gasteiger charge is 2.20. The van der Waals surface area contributed by atoms with Crippen LogP contribution in [0.25, 0.3) is 0 Å². The largest absolute Gasteiger partial charge is 0.411 e. The van der Waals surface area contributed by atoms with E-state index in [0.29, 0.717) is 26.9 Å². The Labute approximate surface area is 131 Å². The Morgan fingerprint density at radius 2 is 2.05 bits per heavy atom. The van der Waals surface area contributed by atoms with Gasteiger partial charge in [0.25, 0.3) is 10.0 Å². The number of para-hydroxylation sites is 1. The zero-order chi connectivity index (χ0) is 15.6. The van der Waals surface area contributed by atoms with Crippen LogP contribution in [0.1, 0.15) is 18.1 Å². The Bertz CT molecular complexity index is 778. The van der Waals surface area contributed by atoms with Gasteiger partial charge in [-0.3, -0.25) is 4.72 Å². The Balaban J connectivity index is 2.42. The van der Waals surface area contributed by atoms with E-state index in [4.69, 9.17) is 16.8 Å². The first-order valence-corrected chi connectivity index (χ1v) is 8.59. The van der Waals surface area contributed by atoms with Crippen LogP contribution in [0.15, 0.2) is 39.7 Å². The Morgan fingerprint density at radius 1 is 1.38 bits per heavy atom. The minimum absolute atomic E-state index is 0.137. The highest BCUT2D eigenvalue weighted by molar-refractivity contribution is 7.94. The van der Waals surface area contributed by atoms with E-state index in [1.165, 1.54) is 6.07 Å². The molecule has 0 amide bonds. The lowest BCUT2D eigenvalue weighted by Crippen LogP contribution is -2.14. The van der Waals surface area contributed by atoms with Crippen molar-refractivity contribution in [1.29, 1.82) is 0 Å². The zero-order valence-electron chi connectivity index (χ0n) is 11.3. The fourth-order valence-electron chi connectivity index (χ4n) is 1.70. The summed E-state index contributed by atoms with van der Waals surface area (Å²) in [6.07, 6.45) is 0. The summed E-state index contributed by atoms with van der Waals surface area (Å²) < 4.78 is 27.8. The Hall–Kier alpha value is -1.57. The SMILES string of the molecule is C/C(=N/O)c1ccccc1NS(=O)(=O)c1cc(C)c(Cl)s1. The molecule has 1 aromatic carbocycles. The Kier molecular flexibility index (Phi) is 4.55. The molecule has 0 saturated heterocycles. The molecule has 0 radical (unpaired) electrons. The number of thiophene rings is 1. The summed E-state index contributed by atoms with van der Waals surface area (Å²) in [5.41, 5.74) is 1.87. The average molecular weight is 345 g/mol. The number of nitrogens with zero attached hydrogens (tertiary/aromatic N) is 1. The van der Waals surface area contributed by atoms with Crippen LogP contribution in [-0.2, 0) is 10.0 Å². The lowest BCUT2D eigenvalue weighted by molar-refractivity contribution is 0.319. The summed E-state index contributed by atoms with van der Waals surface area (Å²) in [5.74, 6) is 0. The van der Waals surface area contributed by atoms with Gasteiger partial charge in [0.2, 0.25) is 0 Å². The third-order valence-corrected chi connectivity index (χ3v) is 6.20. The number of rotatable bonds is 4. The highest BCUT2D eigenvalue weighted by Crippen LogP contribution is 2.31. The van der Waals surface area contributed by atoms with Gasteiger partial charge in [0, 0.05) is 5.56 Å². The van der Waals surface area contributed by atoms with Crippen LogP contribution < -0.4 is 4.72 Å². The summed E-state index contributed by atoms with van der Waals surface area (Å²) in [6, 6.07) is 8.21. The molecule has 0 saturated carbocycles. The molecule has 2 rings (SSSR count). The van der Waals surface area contributed by atoms with E-state index in [1.807, 2.05) is 0 Å². The van der Waals surface area contributed by atoms with Crippen molar-refractivity contribution >= 4 is 44.4 Å². The lowest BCUT2D eigenvalue weighted by Gasteiger charge is -2.10. The van der Waals surface area contributed by atoms with Crippen LogP contribution in [0.3, 0.4) is 0 Å². The number of hydrogen-bond acceptors (Lipinski definition) is 5. The number of benzene rings is 1. The van der Waals surface area contributed by atoms with Gasteiger partial charge in [0.15, 0.2) is 0 Å². The molecule has 0 unspecified atom stereocenters. The van der Waals surface area contributed by atoms with Crippen molar-refractivity contribution in [3.63, 3.8) is 0 Å². The van der Waals surface area contributed by atoms with E-state index in [-0.39, 0.29) is 4.21 Å². The van der Waals surface area contributed by atoms with Crippen molar-refractivity contribution in [2.45, 2.75) is 18.1 Å². The number of anilines is 1. The maximum absolute atomic E-state index is 12.4. The summed E-state index contributed by atoms with van der Waals surface area (Å²) in [6.45, 7) is 3.33. The number of oxime groups is 1. The van der Waals surface area contributed by atoms with Gasteiger partial charge in [-0.05, 0) is 31.5 Å². The molecular weight excluding hydrogens is 332 g/mol. The van der Waals surface area contributed by atoms with Crippen molar-refractivity contribution in [2.75, 3.05) is 4.72 Å². The number of nitrogens with one attached hydrogen (secondary N) is 1. The van der Waals surface area contributed by atoms with Gasteiger partial charge in [0.1, 0.15) is 4.21 Å². The fraction of sp³-hybridized carbons (Fsp3) is 0.154. The molecule has 0 aliphatic heterocycles. The first-order valence-electron chi connectivity index (χ1n) is 5.92. The topological polar surface area (TPSA) is 78.8 Å². The predicted octanol–water partition coefficient (Wildman–Crippen LogP) is 3.71. The monoisotopic (exact) mass is 344 g/mol. The number of hydrogen-bond donors (Lipinski definition) is 2. The Morgan fingerprint density at radius 3 is 2.62 bits per heavy atom. The molecule has 0 bridgehead atoms. The van der Waals surface area contributed by atoms with Gasteiger partial charge in [0.05, 0.1) is 15.7 Å². The van der Waals surface area contributed by atoms with Crippen LogP contribution in [0.2, 0.25) is 4.34 Å². The maximum atomic E-state index is 12.4. The third kappa shape index (κ3) is 3.37. The summed E-state index contributed by atoms with van der Waals surface area (Å²) in [5, 5.41) is 12.0. The van der Waals surface area contributed by atoms with Crippen LogP contribution in [0, 0.1) is 6.92 Å². The zero-order valence-corrected chi connectivity index (χ0v) is 13.7. The molecule has 0 atom stereocenters. The molecule has 1 heterocycles. The average Bonchev–Trinajstić information content (AvgIpc) is 2.79. The van der Waals surface area contributed by atoms with Crippen LogP contribution in [0.5, 0.6) is 0 Å². The number of halogens is 1. The molecule has 0 aliphatic rings. The summed E-state index contributed by atoms with van der Waals surface area (Å²) in [7, 11) is -3.73. The molecule has 0 fully saturated rings. The molecule has 8 heteroatoms. The van der Waals surface area contributed by atoms with Crippen molar-refractivity contribution in [1.82, 2.24) is 0 Å². The van der Waals surface area contributed by atoms with E-state index in [0.717, 1.165) is 11.3 Å².